The Balaban J connectivity index is 2.78. The molecule has 1 aromatic rings. The summed E-state index contributed by atoms with van der Waals surface area (Å²) in [5, 5.41) is 18.0. The Hall–Kier alpha value is -1.55. The maximum Gasteiger partial charge on any atom is 0.128 e. The minimum absolute atomic E-state index is 0.00736. The van der Waals surface area contributed by atoms with Crippen molar-refractivity contribution in [2.45, 2.75) is 0 Å². The first-order chi connectivity index (χ1) is 6.77. The zero-order valence-electron chi connectivity index (χ0n) is 7.97. The number of hydrogen-bond donors (Lipinski definition) is 2. The van der Waals surface area contributed by atoms with E-state index < -0.39 is 0 Å². The summed E-state index contributed by atoms with van der Waals surface area (Å²) >= 11 is 0. The fourth-order valence-electron chi connectivity index (χ4n) is 0.980. The minimum atomic E-state index is 0.00736. The van der Waals surface area contributed by atoms with E-state index in [0.717, 1.165) is 0 Å². The third-order valence-corrected chi connectivity index (χ3v) is 1.70. The Bertz CT molecular complexity index is 323. The van der Waals surface area contributed by atoms with E-state index in [1.807, 2.05) is 0 Å². The third-order valence-electron chi connectivity index (χ3n) is 1.70. The van der Waals surface area contributed by atoms with E-state index in [9.17, 15) is 5.11 Å². The molecule has 0 radical (unpaired) electrons. The molecule has 2 N–H and O–H groups in total. The lowest BCUT2D eigenvalue weighted by Crippen LogP contribution is -1.90. The van der Waals surface area contributed by atoms with Crippen LogP contribution in [-0.4, -0.2) is 36.7 Å². The number of methoxy groups -OCH3 is 1. The van der Waals surface area contributed by atoms with Crippen LogP contribution in [0, 0.1) is 0 Å². The van der Waals surface area contributed by atoms with Crippen molar-refractivity contribution in [3.05, 3.63) is 23.8 Å². The minimum Gasteiger partial charge on any atom is -0.507 e. The second-order valence-electron chi connectivity index (χ2n) is 2.68. The molecule has 0 saturated carbocycles. The molecule has 0 atom stereocenters. The largest absolute Gasteiger partial charge is 0.507 e. The van der Waals surface area contributed by atoms with Crippen molar-refractivity contribution in [1.29, 1.82) is 0 Å². The third kappa shape index (κ3) is 2.74. The van der Waals surface area contributed by atoms with Gasteiger partial charge in [0.2, 0.25) is 0 Å². The highest BCUT2D eigenvalue weighted by Gasteiger charge is 1.99. The number of aliphatic imine (C=N–C) groups is 1. The van der Waals surface area contributed by atoms with E-state index >= 15 is 0 Å². The Morgan fingerprint density at radius 2 is 2.29 bits per heavy atom. The fourth-order valence-corrected chi connectivity index (χ4v) is 0.980. The normalized spacial score (nSPS) is 10.7. The molecule has 0 bridgehead atoms. The molecule has 0 aromatic heterocycles. The van der Waals surface area contributed by atoms with Crippen molar-refractivity contribution in [3.8, 4) is 11.5 Å². The van der Waals surface area contributed by atoms with Gasteiger partial charge in [-0.2, -0.15) is 0 Å². The van der Waals surface area contributed by atoms with Crippen molar-refractivity contribution < 1.29 is 14.9 Å². The average molecular weight is 195 g/mol. The Morgan fingerprint density at radius 3 is 2.86 bits per heavy atom. The molecule has 4 nitrogen and oxygen atoms in total. The van der Waals surface area contributed by atoms with Gasteiger partial charge in [0.15, 0.2) is 0 Å². The van der Waals surface area contributed by atoms with Gasteiger partial charge in [0.1, 0.15) is 11.5 Å². The molecular formula is C10H13NO3. The van der Waals surface area contributed by atoms with Gasteiger partial charge in [-0.05, 0) is 12.1 Å². The second-order valence-corrected chi connectivity index (χ2v) is 2.68. The molecule has 0 aliphatic carbocycles. The van der Waals surface area contributed by atoms with Crippen molar-refractivity contribution in [1.82, 2.24) is 0 Å². The standard InChI is InChI=1S/C10H13NO3/c1-14-9-3-2-8(10(13)6-9)7-11-4-5-12/h2-3,6-7,12-13H,4-5H2,1H3. The predicted octanol–water partition coefficient (Wildman–Crippen LogP) is 0.812. The number of rotatable bonds is 4. The number of aliphatic hydroxyl groups excluding tert-OH is 1. The molecule has 0 aliphatic heterocycles. The van der Waals surface area contributed by atoms with Gasteiger partial charge >= 0.3 is 0 Å². The van der Waals surface area contributed by atoms with E-state index in [1.165, 1.54) is 19.4 Å². The van der Waals surface area contributed by atoms with Crippen molar-refractivity contribution in [2.75, 3.05) is 20.3 Å². The summed E-state index contributed by atoms with van der Waals surface area (Å²) in [7, 11) is 1.54. The number of nitrogens with zero attached hydrogens (tertiary/aromatic N) is 1. The molecule has 76 valence electrons. The van der Waals surface area contributed by atoms with E-state index in [0.29, 0.717) is 17.9 Å². The summed E-state index contributed by atoms with van der Waals surface area (Å²) < 4.78 is 4.93. The zero-order valence-corrected chi connectivity index (χ0v) is 7.97. The molecule has 0 aliphatic rings. The van der Waals surface area contributed by atoms with Crippen LogP contribution in [0.3, 0.4) is 0 Å². The summed E-state index contributed by atoms with van der Waals surface area (Å²) in [4.78, 5) is 3.90. The summed E-state index contributed by atoms with van der Waals surface area (Å²) in [6.45, 7) is 0.346. The van der Waals surface area contributed by atoms with Gasteiger partial charge in [0, 0.05) is 17.8 Å². The monoisotopic (exact) mass is 195 g/mol. The molecule has 0 spiro atoms. The zero-order chi connectivity index (χ0) is 10.4. The van der Waals surface area contributed by atoms with Crippen LogP contribution >= 0.6 is 0 Å². The van der Waals surface area contributed by atoms with Gasteiger partial charge in [0.25, 0.3) is 0 Å². The lowest BCUT2D eigenvalue weighted by molar-refractivity contribution is 0.307. The molecule has 0 unspecified atom stereocenters. The molecule has 0 fully saturated rings. The fraction of sp³-hybridized carbons (Fsp3) is 0.300. The number of phenolic OH excluding ortho intramolecular Hbond substituents is 1. The van der Waals surface area contributed by atoms with Crippen LogP contribution in [-0.2, 0) is 0 Å². The first-order valence-electron chi connectivity index (χ1n) is 4.25. The summed E-state index contributed by atoms with van der Waals surface area (Å²) in [5.41, 5.74) is 0.610. The first kappa shape index (κ1) is 10.5. The molecular weight excluding hydrogens is 182 g/mol. The van der Waals surface area contributed by atoms with E-state index in [1.54, 1.807) is 12.1 Å². The van der Waals surface area contributed by atoms with E-state index in [2.05, 4.69) is 4.99 Å². The van der Waals surface area contributed by atoms with Crippen LogP contribution in [0.25, 0.3) is 0 Å². The summed E-state index contributed by atoms with van der Waals surface area (Å²) in [6.07, 6.45) is 1.52. The van der Waals surface area contributed by atoms with Gasteiger partial charge in [0.05, 0.1) is 20.3 Å². The van der Waals surface area contributed by atoms with Crippen LogP contribution < -0.4 is 4.74 Å². The van der Waals surface area contributed by atoms with Gasteiger partial charge in [-0.15, -0.1) is 0 Å². The molecule has 4 heteroatoms. The van der Waals surface area contributed by atoms with Crippen molar-refractivity contribution in [3.63, 3.8) is 0 Å². The first-order valence-corrected chi connectivity index (χ1v) is 4.25. The summed E-state index contributed by atoms with van der Waals surface area (Å²) in [6, 6.07) is 4.95. The molecule has 0 amide bonds. The van der Waals surface area contributed by atoms with Crippen LogP contribution in [0.4, 0.5) is 0 Å². The molecule has 14 heavy (non-hydrogen) atoms. The van der Waals surface area contributed by atoms with Crippen LogP contribution in [0.1, 0.15) is 5.56 Å². The van der Waals surface area contributed by atoms with E-state index in [4.69, 9.17) is 9.84 Å². The number of hydrogen-bond acceptors (Lipinski definition) is 4. The number of ether oxygens (including phenoxy) is 1. The second kappa shape index (κ2) is 5.24. The Morgan fingerprint density at radius 1 is 1.50 bits per heavy atom. The van der Waals surface area contributed by atoms with Crippen LogP contribution in [0.5, 0.6) is 11.5 Å². The highest BCUT2D eigenvalue weighted by molar-refractivity contribution is 5.83. The molecule has 0 heterocycles. The topological polar surface area (TPSA) is 62.0 Å². The highest BCUT2D eigenvalue weighted by Crippen LogP contribution is 2.21. The van der Waals surface area contributed by atoms with Gasteiger partial charge in [-0.25, -0.2) is 0 Å². The average Bonchev–Trinajstić information content (AvgIpc) is 2.20. The summed E-state index contributed by atoms with van der Waals surface area (Å²) in [5.74, 6) is 0.716. The lowest BCUT2D eigenvalue weighted by atomic mass is 10.2. The van der Waals surface area contributed by atoms with Crippen molar-refractivity contribution in [2.24, 2.45) is 4.99 Å². The number of benzene rings is 1. The lowest BCUT2D eigenvalue weighted by Gasteiger charge is -2.02. The SMILES string of the molecule is COc1ccc(C=NCCO)c(O)c1. The quantitative estimate of drug-likeness (QED) is 0.699. The van der Waals surface area contributed by atoms with Gasteiger partial charge < -0.3 is 14.9 Å². The van der Waals surface area contributed by atoms with Crippen LogP contribution in [0.15, 0.2) is 23.2 Å². The van der Waals surface area contributed by atoms with E-state index in [-0.39, 0.29) is 12.4 Å². The highest BCUT2D eigenvalue weighted by atomic mass is 16.5. The molecule has 1 rings (SSSR count). The number of aliphatic hydroxyl groups is 1. The predicted molar refractivity (Wildman–Crippen MR) is 54.2 cm³/mol. The van der Waals surface area contributed by atoms with Gasteiger partial charge in [-0.3, -0.25) is 4.99 Å². The van der Waals surface area contributed by atoms with Crippen molar-refractivity contribution >= 4 is 6.21 Å². The Kier molecular flexibility index (Phi) is 3.94. The smallest absolute Gasteiger partial charge is 0.128 e. The number of phenols is 1. The Labute approximate surface area is 82.5 Å². The molecule has 1 aromatic carbocycles. The van der Waals surface area contributed by atoms with Crippen LogP contribution in [0.2, 0.25) is 0 Å². The number of aromatic hydroxyl groups is 1. The van der Waals surface area contributed by atoms with Gasteiger partial charge in [-0.1, -0.05) is 0 Å². The maximum atomic E-state index is 9.49. The maximum absolute atomic E-state index is 9.49. The molecule has 0 saturated heterocycles.